The molecule has 0 aliphatic carbocycles. The van der Waals surface area contributed by atoms with Crippen LogP contribution in [0.2, 0.25) is 0 Å². The Labute approximate surface area is 178 Å². The summed E-state index contributed by atoms with van der Waals surface area (Å²) in [5, 5.41) is 9.79. The predicted molar refractivity (Wildman–Crippen MR) is 117 cm³/mol. The molecule has 1 heterocycles. The molecule has 6 nitrogen and oxygen atoms in total. The van der Waals surface area contributed by atoms with Gasteiger partial charge in [0, 0.05) is 23.1 Å². The highest BCUT2D eigenvalue weighted by Gasteiger charge is 2.14. The summed E-state index contributed by atoms with van der Waals surface area (Å²) in [4.78, 5) is 25.1. The minimum Gasteiger partial charge on any atom is -0.322 e. The molecule has 7 heteroatoms. The van der Waals surface area contributed by atoms with Gasteiger partial charge in [-0.05, 0) is 55.0 Å². The van der Waals surface area contributed by atoms with Crippen LogP contribution in [0, 0.1) is 12.7 Å². The molecule has 0 aliphatic heterocycles. The summed E-state index contributed by atoms with van der Waals surface area (Å²) >= 11 is 0. The number of carbonyl (C=O) groups is 2. The van der Waals surface area contributed by atoms with Gasteiger partial charge in [0.05, 0.1) is 0 Å². The Kier molecular flexibility index (Phi) is 5.57. The first-order valence-corrected chi connectivity index (χ1v) is 9.60. The molecule has 0 atom stereocenters. The van der Waals surface area contributed by atoms with Crippen molar-refractivity contribution in [2.24, 2.45) is 0 Å². The Hall–Kier alpha value is -4.26. The predicted octanol–water partition coefficient (Wildman–Crippen LogP) is 4.82. The number of benzene rings is 3. The van der Waals surface area contributed by atoms with Gasteiger partial charge in [-0.2, -0.15) is 5.10 Å². The minimum absolute atomic E-state index is 0.140. The van der Waals surface area contributed by atoms with E-state index in [1.807, 2.05) is 13.0 Å². The lowest BCUT2D eigenvalue weighted by atomic mass is 10.1. The molecule has 154 valence electrons. The minimum atomic E-state index is -0.440. The Morgan fingerprint density at radius 2 is 1.61 bits per heavy atom. The number of aromatic nitrogens is 2. The van der Waals surface area contributed by atoms with E-state index >= 15 is 0 Å². The first kappa shape index (κ1) is 20.0. The highest BCUT2D eigenvalue weighted by molar-refractivity contribution is 6.06. The van der Waals surface area contributed by atoms with Crippen molar-refractivity contribution in [2.75, 3.05) is 10.6 Å². The number of amides is 2. The van der Waals surface area contributed by atoms with Gasteiger partial charge in [0.1, 0.15) is 11.5 Å². The largest absolute Gasteiger partial charge is 0.322 e. The van der Waals surface area contributed by atoms with Crippen molar-refractivity contribution < 1.29 is 14.0 Å². The molecule has 1 aromatic heterocycles. The Balaban J connectivity index is 1.50. The zero-order valence-electron chi connectivity index (χ0n) is 16.7. The van der Waals surface area contributed by atoms with E-state index < -0.39 is 11.7 Å². The number of hydrogen-bond acceptors (Lipinski definition) is 3. The van der Waals surface area contributed by atoms with Crippen LogP contribution in [0.15, 0.2) is 85.1 Å². The maximum Gasteiger partial charge on any atom is 0.276 e. The highest BCUT2D eigenvalue weighted by atomic mass is 19.1. The van der Waals surface area contributed by atoms with Gasteiger partial charge in [-0.3, -0.25) is 9.59 Å². The Morgan fingerprint density at radius 1 is 0.871 bits per heavy atom. The third-order valence-corrected chi connectivity index (χ3v) is 4.70. The van der Waals surface area contributed by atoms with E-state index in [9.17, 15) is 14.0 Å². The van der Waals surface area contributed by atoms with Crippen LogP contribution in [-0.4, -0.2) is 21.6 Å². The van der Waals surface area contributed by atoms with Gasteiger partial charge in [0.2, 0.25) is 0 Å². The summed E-state index contributed by atoms with van der Waals surface area (Å²) in [5.74, 6) is -1.12. The van der Waals surface area contributed by atoms with Crippen LogP contribution in [0.3, 0.4) is 0 Å². The van der Waals surface area contributed by atoms with Crippen LogP contribution in [0.5, 0.6) is 0 Å². The molecule has 31 heavy (non-hydrogen) atoms. The number of rotatable bonds is 5. The van der Waals surface area contributed by atoms with E-state index in [0.717, 1.165) is 5.56 Å². The number of anilines is 2. The topological polar surface area (TPSA) is 76.0 Å². The molecular weight excluding hydrogens is 395 g/mol. The van der Waals surface area contributed by atoms with Crippen LogP contribution in [-0.2, 0) is 0 Å². The number of halogens is 1. The summed E-state index contributed by atoms with van der Waals surface area (Å²) in [6.45, 7) is 1.84. The van der Waals surface area contributed by atoms with Crippen molar-refractivity contribution in [3.63, 3.8) is 0 Å². The fourth-order valence-corrected chi connectivity index (χ4v) is 3.03. The van der Waals surface area contributed by atoms with E-state index in [-0.39, 0.29) is 17.3 Å². The van der Waals surface area contributed by atoms with Gasteiger partial charge >= 0.3 is 0 Å². The van der Waals surface area contributed by atoms with Crippen molar-refractivity contribution in [1.29, 1.82) is 0 Å². The van der Waals surface area contributed by atoms with E-state index in [2.05, 4.69) is 15.7 Å². The molecule has 2 N–H and O–H groups in total. The van der Waals surface area contributed by atoms with Gasteiger partial charge in [-0.25, -0.2) is 9.07 Å². The van der Waals surface area contributed by atoms with Crippen molar-refractivity contribution in [1.82, 2.24) is 9.78 Å². The van der Waals surface area contributed by atoms with Crippen LogP contribution < -0.4 is 10.6 Å². The number of hydrogen-bond donors (Lipinski definition) is 2. The van der Waals surface area contributed by atoms with Crippen molar-refractivity contribution >= 4 is 23.2 Å². The average molecular weight is 414 g/mol. The molecular formula is C24H19FN4O2. The summed E-state index contributed by atoms with van der Waals surface area (Å²) in [7, 11) is 0. The van der Waals surface area contributed by atoms with Gasteiger partial charge in [-0.15, -0.1) is 0 Å². The maximum absolute atomic E-state index is 14.0. The highest BCUT2D eigenvalue weighted by Crippen LogP contribution is 2.22. The van der Waals surface area contributed by atoms with Gasteiger partial charge in [0.25, 0.3) is 11.8 Å². The molecule has 0 radical (unpaired) electrons. The SMILES string of the molecule is Cc1ccc(NC(=O)c2ccccc2)cc1NC(=O)c1ccn(-c2ccccc2F)n1. The third-order valence-electron chi connectivity index (χ3n) is 4.70. The lowest BCUT2D eigenvalue weighted by Gasteiger charge is -2.11. The average Bonchev–Trinajstić information content (AvgIpc) is 3.27. The molecule has 2 amide bonds. The lowest BCUT2D eigenvalue weighted by Crippen LogP contribution is -2.15. The standard InChI is InChI=1S/C24H19FN4O2/c1-16-11-12-18(26-23(30)17-7-3-2-4-8-17)15-21(16)27-24(31)20-13-14-29(28-20)22-10-6-5-9-19(22)25/h2-15H,1H3,(H,26,30)(H,27,31). The zero-order chi connectivity index (χ0) is 21.8. The number of carbonyl (C=O) groups excluding carboxylic acids is 2. The fraction of sp³-hybridized carbons (Fsp3) is 0.0417. The molecule has 0 bridgehead atoms. The van der Waals surface area contributed by atoms with Crippen molar-refractivity contribution in [3.8, 4) is 5.69 Å². The van der Waals surface area contributed by atoms with Crippen LogP contribution in [0.1, 0.15) is 26.4 Å². The summed E-state index contributed by atoms with van der Waals surface area (Å²) in [6, 6.07) is 21.8. The monoisotopic (exact) mass is 414 g/mol. The summed E-state index contributed by atoms with van der Waals surface area (Å²) < 4.78 is 15.3. The first-order valence-electron chi connectivity index (χ1n) is 9.60. The molecule has 0 aliphatic rings. The van der Waals surface area contributed by atoms with E-state index in [1.165, 1.54) is 23.0 Å². The molecule has 0 unspecified atom stereocenters. The number of nitrogens with zero attached hydrogens (tertiary/aromatic N) is 2. The molecule has 0 spiro atoms. The summed E-state index contributed by atoms with van der Waals surface area (Å²) in [5.41, 5.74) is 2.83. The fourth-order valence-electron chi connectivity index (χ4n) is 3.03. The van der Waals surface area contributed by atoms with Gasteiger partial charge in [-0.1, -0.05) is 36.4 Å². The van der Waals surface area contributed by atoms with Gasteiger partial charge in [0.15, 0.2) is 5.69 Å². The lowest BCUT2D eigenvalue weighted by molar-refractivity contribution is 0.101. The van der Waals surface area contributed by atoms with E-state index in [4.69, 9.17) is 0 Å². The van der Waals surface area contributed by atoms with Crippen LogP contribution in [0.4, 0.5) is 15.8 Å². The summed E-state index contributed by atoms with van der Waals surface area (Å²) in [6.07, 6.45) is 1.52. The molecule has 0 saturated heterocycles. The molecule has 4 aromatic rings. The number of nitrogens with one attached hydrogen (secondary N) is 2. The van der Waals surface area contributed by atoms with Gasteiger partial charge < -0.3 is 10.6 Å². The third kappa shape index (κ3) is 4.51. The van der Waals surface area contributed by atoms with Crippen LogP contribution in [0.25, 0.3) is 5.69 Å². The maximum atomic E-state index is 14.0. The Bertz CT molecular complexity index is 1250. The van der Waals surface area contributed by atoms with Crippen LogP contribution >= 0.6 is 0 Å². The first-order chi connectivity index (χ1) is 15.0. The van der Waals surface area contributed by atoms with Crippen molar-refractivity contribution in [2.45, 2.75) is 6.92 Å². The van der Waals surface area contributed by atoms with E-state index in [1.54, 1.807) is 60.7 Å². The molecule has 3 aromatic carbocycles. The van der Waals surface area contributed by atoms with Crippen molar-refractivity contribution in [3.05, 3.63) is 108 Å². The smallest absolute Gasteiger partial charge is 0.276 e. The number of para-hydroxylation sites is 1. The molecule has 0 fully saturated rings. The normalized spacial score (nSPS) is 10.5. The number of aryl methyl sites for hydroxylation is 1. The second-order valence-corrected chi connectivity index (χ2v) is 6.90. The quantitative estimate of drug-likeness (QED) is 0.491. The second kappa shape index (κ2) is 8.62. The molecule has 0 saturated carbocycles. The molecule has 4 rings (SSSR count). The zero-order valence-corrected chi connectivity index (χ0v) is 16.7. The Morgan fingerprint density at radius 3 is 2.39 bits per heavy atom. The van der Waals surface area contributed by atoms with E-state index in [0.29, 0.717) is 16.9 Å². The second-order valence-electron chi connectivity index (χ2n) is 6.90.